The fourth-order valence-electron chi connectivity index (χ4n) is 3.29. The number of nitrogens with one attached hydrogen (secondary N) is 3. The highest BCUT2D eigenvalue weighted by atomic mass is 32.2. The first kappa shape index (κ1) is 21.0. The average molecular weight is 471 g/mol. The molecule has 0 saturated heterocycles. The van der Waals surface area contributed by atoms with Crippen molar-refractivity contribution in [3.8, 4) is 28.8 Å². The van der Waals surface area contributed by atoms with Crippen molar-refractivity contribution in [3.05, 3.63) is 89.7 Å². The van der Waals surface area contributed by atoms with Crippen LogP contribution in [-0.4, -0.2) is 16.5 Å². The molecule has 3 heterocycles. The maximum atomic E-state index is 9.73. The summed E-state index contributed by atoms with van der Waals surface area (Å²) in [6.45, 7) is 0.651. The zero-order chi connectivity index (χ0) is 22.5. The van der Waals surface area contributed by atoms with Crippen LogP contribution in [0, 0.1) is 11.3 Å². The third-order valence-corrected chi connectivity index (χ3v) is 6.49. The van der Waals surface area contributed by atoms with Gasteiger partial charge >= 0.3 is 0 Å². The molecule has 0 atom stereocenters. The van der Waals surface area contributed by atoms with Crippen LogP contribution < -0.4 is 20.3 Å². The van der Waals surface area contributed by atoms with Crippen molar-refractivity contribution in [2.24, 2.45) is 0 Å². The summed E-state index contributed by atoms with van der Waals surface area (Å²) < 4.78 is 9.39. The Balaban J connectivity index is 1.44. The first-order valence-corrected chi connectivity index (χ1v) is 11.8. The number of hydrogen-bond donors (Lipinski definition) is 3. The molecule has 2 aromatic carbocycles. The molecule has 0 spiro atoms. The van der Waals surface area contributed by atoms with Gasteiger partial charge in [-0.2, -0.15) is 5.26 Å². The van der Waals surface area contributed by atoms with E-state index < -0.39 is 0 Å². The number of thiazole rings is 1. The summed E-state index contributed by atoms with van der Waals surface area (Å²) in [4.78, 5) is 9.70. The Morgan fingerprint density at radius 3 is 2.76 bits per heavy atom. The molecule has 0 saturated carbocycles. The molecule has 0 aliphatic carbocycles. The van der Waals surface area contributed by atoms with Crippen molar-refractivity contribution < 1.29 is 4.74 Å². The SMILES string of the molecule is N#Cc1cc(SNc2nccs2)ccc1Oc1cnc(-c2ccccc2)cc1C1=CNNC1. The van der Waals surface area contributed by atoms with Crippen LogP contribution in [0.25, 0.3) is 16.8 Å². The first-order valence-electron chi connectivity index (χ1n) is 10.1. The minimum Gasteiger partial charge on any atom is -0.454 e. The van der Waals surface area contributed by atoms with E-state index in [9.17, 15) is 5.26 Å². The predicted octanol–water partition coefficient (Wildman–Crippen LogP) is 5.44. The Hall–Kier alpha value is -3.84. The standard InChI is InChI=1S/C24H18N6OS2/c25-12-17-10-19(33-30-24-26-8-9-32-24)6-7-22(17)31-23-15-27-21(16-4-2-1-3-5-16)11-20(23)18-13-28-29-14-18/h1-11,13,15,28-29H,14H2,(H,26,30). The Morgan fingerprint density at radius 2 is 2.00 bits per heavy atom. The maximum Gasteiger partial charge on any atom is 0.192 e. The van der Waals surface area contributed by atoms with Gasteiger partial charge in [0.1, 0.15) is 11.8 Å². The predicted molar refractivity (Wildman–Crippen MR) is 132 cm³/mol. The third-order valence-electron chi connectivity index (χ3n) is 4.89. The lowest BCUT2D eigenvalue weighted by atomic mass is 10.0. The normalized spacial score (nSPS) is 12.5. The summed E-state index contributed by atoms with van der Waals surface area (Å²) in [5.74, 6) is 1.07. The largest absolute Gasteiger partial charge is 0.454 e. The fraction of sp³-hybridized carbons (Fsp3) is 0.0417. The highest BCUT2D eigenvalue weighted by Crippen LogP contribution is 2.35. The quantitative estimate of drug-likeness (QED) is 0.308. The van der Waals surface area contributed by atoms with Gasteiger partial charge < -0.3 is 14.9 Å². The number of nitriles is 1. The maximum absolute atomic E-state index is 9.73. The van der Waals surface area contributed by atoms with Gasteiger partial charge in [-0.1, -0.05) is 30.3 Å². The monoisotopic (exact) mass is 470 g/mol. The number of hydrazine groups is 1. The van der Waals surface area contributed by atoms with Crippen molar-refractivity contribution >= 4 is 34.0 Å². The molecule has 5 rings (SSSR count). The van der Waals surface area contributed by atoms with Crippen molar-refractivity contribution in [1.29, 1.82) is 5.26 Å². The van der Waals surface area contributed by atoms with Gasteiger partial charge in [-0.15, -0.1) is 11.3 Å². The van der Waals surface area contributed by atoms with Gasteiger partial charge in [0.2, 0.25) is 0 Å². The molecule has 0 bridgehead atoms. The number of rotatable bonds is 7. The summed E-state index contributed by atoms with van der Waals surface area (Å²) in [5.41, 5.74) is 10.4. The van der Waals surface area contributed by atoms with E-state index in [4.69, 9.17) is 4.74 Å². The van der Waals surface area contributed by atoms with Crippen LogP contribution in [0.4, 0.5) is 5.13 Å². The van der Waals surface area contributed by atoms with Gasteiger partial charge in [0.05, 0.1) is 17.5 Å². The van der Waals surface area contributed by atoms with E-state index in [1.165, 1.54) is 23.3 Å². The second kappa shape index (κ2) is 9.75. The number of ether oxygens (including phenoxy) is 1. The van der Waals surface area contributed by atoms with Crippen molar-refractivity contribution in [1.82, 2.24) is 20.8 Å². The molecule has 2 aromatic heterocycles. The molecule has 33 heavy (non-hydrogen) atoms. The molecule has 0 radical (unpaired) electrons. The topological polar surface area (TPSA) is 94.9 Å². The third kappa shape index (κ3) is 4.83. The van der Waals surface area contributed by atoms with Gasteiger partial charge in [0.15, 0.2) is 10.9 Å². The minimum atomic E-state index is 0.440. The fourth-order valence-corrected chi connectivity index (χ4v) is 4.55. The van der Waals surface area contributed by atoms with Crippen LogP contribution in [0.3, 0.4) is 0 Å². The van der Waals surface area contributed by atoms with E-state index in [1.54, 1.807) is 24.5 Å². The molecular weight excluding hydrogens is 452 g/mol. The van der Waals surface area contributed by atoms with Crippen LogP contribution in [0.15, 0.2) is 83.5 Å². The van der Waals surface area contributed by atoms with Gasteiger partial charge in [-0.05, 0) is 41.8 Å². The summed E-state index contributed by atoms with van der Waals surface area (Å²) in [6.07, 6.45) is 5.36. The smallest absolute Gasteiger partial charge is 0.192 e. The van der Waals surface area contributed by atoms with Crippen LogP contribution in [0.2, 0.25) is 0 Å². The first-order chi connectivity index (χ1) is 16.3. The molecule has 1 aliphatic rings. The highest BCUT2D eigenvalue weighted by molar-refractivity contribution is 8.00. The van der Waals surface area contributed by atoms with Crippen LogP contribution in [-0.2, 0) is 0 Å². The van der Waals surface area contributed by atoms with Crippen LogP contribution >= 0.6 is 23.3 Å². The van der Waals surface area contributed by atoms with E-state index >= 15 is 0 Å². The van der Waals surface area contributed by atoms with E-state index in [2.05, 4.69) is 31.6 Å². The molecule has 0 amide bonds. The van der Waals surface area contributed by atoms with Crippen molar-refractivity contribution in [3.63, 3.8) is 0 Å². The number of benzene rings is 2. The summed E-state index contributed by atoms with van der Waals surface area (Å²) >= 11 is 2.91. The minimum absolute atomic E-state index is 0.440. The zero-order valence-corrected chi connectivity index (χ0v) is 18.9. The molecule has 3 N–H and O–H groups in total. The number of pyridine rings is 1. The van der Waals surface area contributed by atoms with E-state index in [0.717, 1.165) is 32.4 Å². The van der Waals surface area contributed by atoms with Crippen molar-refractivity contribution in [2.45, 2.75) is 4.90 Å². The zero-order valence-electron chi connectivity index (χ0n) is 17.3. The van der Waals surface area contributed by atoms with Crippen molar-refractivity contribution in [2.75, 3.05) is 11.3 Å². The Labute approximate surface area is 199 Å². The molecule has 1 aliphatic heterocycles. The summed E-state index contributed by atoms with van der Waals surface area (Å²) in [7, 11) is 0. The summed E-state index contributed by atoms with van der Waals surface area (Å²) in [6, 6.07) is 19.8. The van der Waals surface area contributed by atoms with Crippen LogP contribution in [0.1, 0.15) is 11.1 Å². The highest BCUT2D eigenvalue weighted by Gasteiger charge is 2.17. The van der Waals surface area contributed by atoms with E-state index in [1.807, 2.05) is 54.0 Å². The molecule has 7 nitrogen and oxygen atoms in total. The van der Waals surface area contributed by atoms with E-state index in [-0.39, 0.29) is 0 Å². The van der Waals surface area contributed by atoms with E-state index in [0.29, 0.717) is 23.6 Å². The molecule has 0 fully saturated rings. The Morgan fingerprint density at radius 1 is 1.09 bits per heavy atom. The van der Waals surface area contributed by atoms with Gasteiger partial charge in [0.25, 0.3) is 0 Å². The molecular formula is C24H18N6OS2. The number of nitrogens with zero attached hydrogens (tertiary/aromatic N) is 3. The van der Waals surface area contributed by atoms with Crippen LogP contribution in [0.5, 0.6) is 11.5 Å². The number of aromatic nitrogens is 2. The second-order valence-corrected chi connectivity index (χ2v) is 8.79. The lowest BCUT2D eigenvalue weighted by Crippen LogP contribution is -2.20. The summed E-state index contributed by atoms with van der Waals surface area (Å²) in [5, 5.41) is 12.4. The molecule has 9 heteroatoms. The molecule has 4 aromatic rings. The second-order valence-electron chi connectivity index (χ2n) is 7.01. The van der Waals surface area contributed by atoms with Gasteiger partial charge in [-0.25, -0.2) is 10.4 Å². The Bertz CT molecular complexity index is 1330. The Kier molecular flexibility index (Phi) is 6.21. The average Bonchev–Trinajstić information content (AvgIpc) is 3.59. The molecule has 162 valence electrons. The molecule has 0 unspecified atom stereocenters. The van der Waals surface area contributed by atoms with Gasteiger partial charge in [-0.3, -0.25) is 4.98 Å². The lowest BCUT2D eigenvalue weighted by Gasteiger charge is -2.14. The van der Waals surface area contributed by atoms with Gasteiger partial charge in [0, 0.05) is 40.3 Å². The lowest BCUT2D eigenvalue weighted by molar-refractivity contribution is 0.476. The number of hydrogen-bond acceptors (Lipinski definition) is 9. The number of anilines is 1.